The number of nitrogens with one attached hydrogen (secondary N) is 1. The van der Waals surface area contributed by atoms with E-state index in [0.717, 1.165) is 31.6 Å². The summed E-state index contributed by atoms with van der Waals surface area (Å²) in [4.78, 5) is 0. The molecule has 0 aliphatic heterocycles. The molecule has 3 aromatic rings. The Balaban J connectivity index is 1.51. The summed E-state index contributed by atoms with van der Waals surface area (Å²) in [5.74, 6) is 0. The molecule has 0 spiro atoms. The van der Waals surface area contributed by atoms with Crippen molar-refractivity contribution in [3.8, 4) is 0 Å². The molecule has 0 aliphatic carbocycles. The number of para-hydroxylation sites is 1. The summed E-state index contributed by atoms with van der Waals surface area (Å²) in [5.41, 5.74) is 3.73. The number of hydrogen-bond donors (Lipinski definition) is 1. The molecule has 0 bridgehead atoms. The lowest BCUT2D eigenvalue weighted by Crippen LogP contribution is -2.16. The first kappa shape index (κ1) is 13.8. The highest BCUT2D eigenvalue weighted by atomic mass is 15.3. The second-order valence-electron chi connectivity index (χ2n) is 5.35. The van der Waals surface area contributed by atoms with Crippen LogP contribution in [0.15, 0.2) is 54.6 Å². The van der Waals surface area contributed by atoms with Gasteiger partial charge in [0.1, 0.15) is 0 Å². The number of fused-ring (bicyclic) bond motifs is 1. The third kappa shape index (κ3) is 3.31. The van der Waals surface area contributed by atoms with Crippen molar-refractivity contribution >= 4 is 10.9 Å². The molecule has 1 aromatic heterocycles. The fraction of sp³-hybridized carbons (Fsp3) is 0.278. The average Bonchev–Trinajstić information content (AvgIpc) is 2.85. The lowest BCUT2D eigenvalue weighted by molar-refractivity contribution is 0.631. The summed E-state index contributed by atoms with van der Waals surface area (Å²) >= 11 is 0. The third-order valence-electron chi connectivity index (χ3n) is 3.79. The van der Waals surface area contributed by atoms with Gasteiger partial charge in [-0.15, -0.1) is 0 Å². The number of aryl methyl sites for hydroxylation is 2. The molecule has 0 saturated carbocycles. The summed E-state index contributed by atoms with van der Waals surface area (Å²) in [5, 5.41) is 9.35. The van der Waals surface area contributed by atoms with Crippen LogP contribution in [0.1, 0.15) is 17.7 Å². The summed E-state index contributed by atoms with van der Waals surface area (Å²) < 4.78 is 1.95. The van der Waals surface area contributed by atoms with Crippen molar-refractivity contribution in [2.24, 2.45) is 7.05 Å². The minimum absolute atomic E-state index is 0.830. The van der Waals surface area contributed by atoms with Crippen molar-refractivity contribution in [1.82, 2.24) is 15.1 Å². The van der Waals surface area contributed by atoms with Crippen LogP contribution in [0.5, 0.6) is 0 Å². The van der Waals surface area contributed by atoms with Crippen LogP contribution in [0.4, 0.5) is 0 Å². The van der Waals surface area contributed by atoms with Crippen LogP contribution in [0.25, 0.3) is 10.9 Å². The van der Waals surface area contributed by atoms with Gasteiger partial charge in [-0.05, 0) is 31.0 Å². The molecule has 0 amide bonds. The summed E-state index contributed by atoms with van der Waals surface area (Å²) in [6.07, 6.45) is 2.27. The second kappa shape index (κ2) is 6.55. The first-order chi connectivity index (χ1) is 10.3. The van der Waals surface area contributed by atoms with Crippen molar-refractivity contribution in [3.63, 3.8) is 0 Å². The highest BCUT2D eigenvalue weighted by Gasteiger charge is 2.06. The lowest BCUT2D eigenvalue weighted by atomic mass is 10.1. The van der Waals surface area contributed by atoms with Crippen LogP contribution < -0.4 is 5.32 Å². The van der Waals surface area contributed by atoms with Crippen molar-refractivity contribution < 1.29 is 0 Å². The standard InChI is InChI=1S/C18H21N3/c1-21-18-12-6-5-11-16(18)17(20-21)14-19-13-7-10-15-8-3-2-4-9-15/h2-6,8-9,11-12,19H,7,10,13-14H2,1H3. The molecule has 0 unspecified atom stereocenters. The van der Waals surface area contributed by atoms with E-state index in [-0.39, 0.29) is 0 Å². The second-order valence-corrected chi connectivity index (χ2v) is 5.35. The molecular formula is C18H21N3. The van der Waals surface area contributed by atoms with E-state index >= 15 is 0 Å². The van der Waals surface area contributed by atoms with Crippen LogP contribution in [-0.4, -0.2) is 16.3 Å². The van der Waals surface area contributed by atoms with Gasteiger partial charge in [0.05, 0.1) is 11.2 Å². The van der Waals surface area contributed by atoms with Gasteiger partial charge in [0.2, 0.25) is 0 Å². The quantitative estimate of drug-likeness (QED) is 0.702. The van der Waals surface area contributed by atoms with Gasteiger partial charge in [-0.1, -0.05) is 48.5 Å². The van der Waals surface area contributed by atoms with Crippen LogP contribution in [0, 0.1) is 0 Å². The number of nitrogens with zero attached hydrogens (tertiary/aromatic N) is 2. The first-order valence-corrected chi connectivity index (χ1v) is 7.50. The maximum absolute atomic E-state index is 4.60. The lowest BCUT2D eigenvalue weighted by Gasteiger charge is -2.03. The van der Waals surface area contributed by atoms with Gasteiger partial charge in [-0.2, -0.15) is 5.10 Å². The van der Waals surface area contributed by atoms with Crippen LogP contribution >= 0.6 is 0 Å². The largest absolute Gasteiger partial charge is 0.311 e. The molecule has 0 aliphatic rings. The van der Waals surface area contributed by atoms with E-state index in [4.69, 9.17) is 0 Å². The molecule has 108 valence electrons. The molecule has 0 atom stereocenters. The van der Waals surface area contributed by atoms with Gasteiger partial charge in [0.25, 0.3) is 0 Å². The number of aromatic nitrogens is 2. The topological polar surface area (TPSA) is 29.9 Å². The maximum atomic E-state index is 4.60. The Morgan fingerprint density at radius 3 is 2.62 bits per heavy atom. The summed E-state index contributed by atoms with van der Waals surface area (Å²) in [6, 6.07) is 19.0. The molecule has 1 heterocycles. The van der Waals surface area contributed by atoms with Crippen molar-refractivity contribution in [2.75, 3.05) is 6.54 Å². The molecule has 21 heavy (non-hydrogen) atoms. The van der Waals surface area contributed by atoms with E-state index in [1.807, 2.05) is 11.7 Å². The minimum atomic E-state index is 0.830. The normalized spacial score (nSPS) is 11.1. The molecule has 3 rings (SSSR count). The first-order valence-electron chi connectivity index (χ1n) is 7.50. The van der Waals surface area contributed by atoms with Crippen molar-refractivity contribution in [2.45, 2.75) is 19.4 Å². The van der Waals surface area contributed by atoms with Gasteiger partial charge < -0.3 is 5.32 Å². The van der Waals surface area contributed by atoms with Crippen LogP contribution in [0.3, 0.4) is 0 Å². The zero-order valence-corrected chi connectivity index (χ0v) is 12.4. The van der Waals surface area contributed by atoms with Crippen LogP contribution in [-0.2, 0) is 20.0 Å². The molecule has 2 aromatic carbocycles. The predicted octanol–water partition coefficient (Wildman–Crippen LogP) is 3.30. The zero-order chi connectivity index (χ0) is 14.5. The van der Waals surface area contributed by atoms with Crippen molar-refractivity contribution in [3.05, 3.63) is 65.9 Å². The Labute approximate surface area is 125 Å². The molecule has 3 heteroatoms. The van der Waals surface area contributed by atoms with Crippen LogP contribution in [0.2, 0.25) is 0 Å². The third-order valence-corrected chi connectivity index (χ3v) is 3.79. The monoisotopic (exact) mass is 279 g/mol. The van der Waals surface area contributed by atoms with Gasteiger partial charge in [-0.25, -0.2) is 0 Å². The van der Waals surface area contributed by atoms with Gasteiger partial charge in [0.15, 0.2) is 0 Å². The minimum Gasteiger partial charge on any atom is -0.311 e. The molecule has 1 N–H and O–H groups in total. The summed E-state index contributed by atoms with van der Waals surface area (Å²) in [7, 11) is 2.00. The Morgan fingerprint density at radius 1 is 1.00 bits per heavy atom. The van der Waals surface area contributed by atoms with E-state index in [2.05, 4.69) is 65.0 Å². The smallest absolute Gasteiger partial charge is 0.0841 e. The molecule has 0 fully saturated rings. The molecule has 3 nitrogen and oxygen atoms in total. The summed E-state index contributed by atoms with van der Waals surface area (Å²) in [6.45, 7) is 1.84. The molecule has 0 radical (unpaired) electrons. The Kier molecular flexibility index (Phi) is 4.31. The van der Waals surface area contributed by atoms with E-state index < -0.39 is 0 Å². The highest BCUT2D eigenvalue weighted by Crippen LogP contribution is 2.16. The van der Waals surface area contributed by atoms with Gasteiger partial charge in [-0.3, -0.25) is 4.68 Å². The molecular weight excluding hydrogens is 258 g/mol. The van der Waals surface area contributed by atoms with E-state index in [1.165, 1.54) is 16.5 Å². The van der Waals surface area contributed by atoms with Gasteiger partial charge in [0, 0.05) is 19.0 Å². The highest BCUT2D eigenvalue weighted by molar-refractivity contribution is 5.81. The zero-order valence-electron chi connectivity index (χ0n) is 12.4. The number of rotatable bonds is 6. The fourth-order valence-corrected chi connectivity index (χ4v) is 2.69. The van der Waals surface area contributed by atoms with E-state index in [1.54, 1.807) is 0 Å². The Morgan fingerprint density at radius 2 is 1.76 bits per heavy atom. The molecule has 0 saturated heterocycles. The number of benzene rings is 2. The van der Waals surface area contributed by atoms with E-state index in [0.29, 0.717) is 0 Å². The van der Waals surface area contributed by atoms with Crippen molar-refractivity contribution in [1.29, 1.82) is 0 Å². The predicted molar refractivity (Wildman–Crippen MR) is 87.2 cm³/mol. The van der Waals surface area contributed by atoms with E-state index in [9.17, 15) is 0 Å². The van der Waals surface area contributed by atoms with Gasteiger partial charge >= 0.3 is 0 Å². The maximum Gasteiger partial charge on any atom is 0.0841 e. The SMILES string of the molecule is Cn1nc(CNCCCc2ccccc2)c2ccccc21. The fourth-order valence-electron chi connectivity index (χ4n) is 2.69. The number of hydrogen-bond acceptors (Lipinski definition) is 2. The Hall–Kier alpha value is -2.13. The average molecular weight is 279 g/mol. The Bertz CT molecular complexity index is 701.